The van der Waals surface area contributed by atoms with Crippen LogP contribution in [-0.4, -0.2) is 29.9 Å². The maximum Gasteiger partial charge on any atom is 0.319 e. The third-order valence-corrected chi connectivity index (χ3v) is 3.55. The number of carbonyl (C=O) groups is 2. The molecule has 4 heteroatoms. The molecule has 0 amide bonds. The monoisotopic (exact) mass is 260 g/mol. The molecule has 0 atom stereocenters. The van der Waals surface area contributed by atoms with Crippen molar-refractivity contribution in [1.29, 1.82) is 0 Å². The van der Waals surface area contributed by atoms with E-state index in [2.05, 4.69) is 13.8 Å². The highest BCUT2D eigenvalue weighted by Gasteiger charge is 2.36. The lowest BCUT2D eigenvalue weighted by atomic mass is 9.89. The van der Waals surface area contributed by atoms with Crippen molar-refractivity contribution in [3.63, 3.8) is 0 Å². The van der Waals surface area contributed by atoms with Crippen molar-refractivity contribution in [3.05, 3.63) is 0 Å². The molecule has 0 saturated heterocycles. The van der Waals surface area contributed by atoms with Gasteiger partial charge < -0.3 is 4.74 Å². The number of hydrogen-bond acceptors (Lipinski definition) is 4. The van der Waals surface area contributed by atoms with E-state index in [1.165, 1.54) is 0 Å². The molecule has 0 N–H and O–H groups in total. The van der Waals surface area contributed by atoms with E-state index in [4.69, 9.17) is 4.74 Å². The van der Waals surface area contributed by atoms with Gasteiger partial charge in [-0.05, 0) is 38.9 Å². The van der Waals surface area contributed by atoms with E-state index in [9.17, 15) is 9.59 Å². The van der Waals surface area contributed by atoms with E-state index >= 15 is 0 Å². The van der Waals surface area contributed by atoms with Crippen LogP contribution in [0.3, 0.4) is 0 Å². The molecule has 0 fully saturated rings. The molecule has 0 aromatic rings. The van der Waals surface area contributed by atoms with Crippen LogP contribution in [0.25, 0.3) is 0 Å². The molecule has 3 nitrogen and oxygen atoms in total. The fraction of sp³-hybridized carbons (Fsp3) is 0.846. The van der Waals surface area contributed by atoms with Gasteiger partial charge in [0.1, 0.15) is 5.41 Å². The molecule has 0 heterocycles. The van der Waals surface area contributed by atoms with Crippen LogP contribution in [0.15, 0.2) is 0 Å². The summed E-state index contributed by atoms with van der Waals surface area (Å²) >= 11 is 1.59. The number of ether oxygens (including phenoxy) is 1. The number of esters is 1. The van der Waals surface area contributed by atoms with Crippen LogP contribution < -0.4 is 0 Å². The Labute approximate surface area is 109 Å². The summed E-state index contributed by atoms with van der Waals surface area (Å²) in [5, 5.41) is 0. The van der Waals surface area contributed by atoms with Gasteiger partial charge in [-0.25, -0.2) is 0 Å². The topological polar surface area (TPSA) is 43.4 Å². The van der Waals surface area contributed by atoms with Crippen LogP contribution in [-0.2, 0) is 14.3 Å². The van der Waals surface area contributed by atoms with Gasteiger partial charge in [-0.2, -0.15) is 11.8 Å². The predicted octanol–water partition coefficient (Wildman–Crippen LogP) is 2.92. The first-order chi connectivity index (χ1) is 7.82. The lowest BCUT2D eigenvalue weighted by Gasteiger charge is -2.20. The van der Waals surface area contributed by atoms with Crippen LogP contribution in [0.1, 0.15) is 41.0 Å². The van der Waals surface area contributed by atoms with E-state index in [0.29, 0.717) is 18.3 Å². The van der Waals surface area contributed by atoms with E-state index in [1.807, 2.05) is 0 Å². The Hall–Kier alpha value is -0.510. The number of rotatable bonds is 8. The number of ketones is 1. The lowest BCUT2D eigenvalue weighted by Crippen LogP contribution is -2.36. The number of carbonyl (C=O) groups excluding carboxylic acids is 2. The molecule has 100 valence electrons. The van der Waals surface area contributed by atoms with Crippen molar-refractivity contribution in [3.8, 4) is 0 Å². The molecule has 17 heavy (non-hydrogen) atoms. The zero-order chi connectivity index (χ0) is 13.5. The van der Waals surface area contributed by atoms with Crippen LogP contribution in [0.2, 0.25) is 0 Å². The van der Waals surface area contributed by atoms with Crippen LogP contribution in [0, 0.1) is 11.3 Å². The average molecular weight is 260 g/mol. The Kier molecular flexibility index (Phi) is 7.51. The molecule has 0 aliphatic rings. The molecular weight excluding hydrogens is 236 g/mol. The summed E-state index contributed by atoms with van der Waals surface area (Å²) in [6.45, 7) is 9.65. The summed E-state index contributed by atoms with van der Waals surface area (Å²) in [5.74, 6) is 1.52. The zero-order valence-corrected chi connectivity index (χ0v) is 12.4. The minimum absolute atomic E-state index is 0.0512. The third-order valence-electron chi connectivity index (χ3n) is 2.56. The Morgan fingerprint density at radius 3 is 2.35 bits per heavy atom. The Morgan fingerprint density at radius 2 is 1.88 bits per heavy atom. The van der Waals surface area contributed by atoms with Gasteiger partial charge in [-0.15, -0.1) is 0 Å². The first kappa shape index (κ1) is 16.5. The maximum atomic E-state index is 11.9. The standard InChI is InChI=1S/C13H24O3S/c1-6-16-12(15)13(4,5)11(14)9-17-8-7-10(2)3/h10H,6-9H2,1-5H3. The molecule has 0 radical (unpaired) electrons. The fourth-order valence-corrected chi connectivity index (χ4v) is 2.42. The van der Waals surface area contributed by atoms with Crippen LogP contribution in [0.4, 0.5) is 0 Å². The molecule has 0 saturated carbocycles. The first-order valence-electron chi connectivity index (χ1n) is 6.10. The van der Waals surface area contributed by atoms with Gasteiger partial charge >= 0.3 is 5.97 Å². The fourth-order valence-electron chi connectivity index (χ4n) is 1.09. The summed E-state index contributed by atoms with van der Waals surface area (Å²) in [7, 11) is 0. The molecule has 0 bridgehead atoms. The van der Waals surface area contributed by atoms with E-state index in [0.717, 1.165) is 12.2 Å². The summed E-state index contributed by atoms with van der Waals surface area (Å²) in [5.41, 5.74) is -1.01. The van der Waals surface area contributed by atoms with Gasteiger partial charge in [0.15, 0.2) is 5.78 Å². The second-order valence-electron chi connectivity index (χ2n) is 5.00. The van der Waals surface area contributed by atoms with Crippen molar-refractivity contribution < 1.29 is 14.3 Å². The summed E-state index contributed by atoms with van der Waals surface area (Å²) in [6.07, 6.45) is 1.10. The zero-order valence-electron chi connectivity index (χ0n) is 11.5. The summed E-state index contributed by atoms with van der Waals surface area (Å²) in [4.78, 5) is 23.5. The number of thioether (sulfide) groups is 1. The molecule has 0 aromatic carbocycles. The number of Topliss-reactive ketones (excluding diaryl/α,β-unsaturated/α-hetero) is 1. The molecule has 0 rings (SSSR count). The van der Waals surface area contributed by atoms with Crippen molar-refractivity contribution in [2.24, 2.45) is 11.3 Å². The van der Waals surface area contributed by atoms with Crippen LogP contribution in [0.5, 0.6) is 0 Å². The molecule has 0 aromatic heterocycles. The second-order valence-corrected chi connectivity index (χ2v) is 6.11. The molecule has 0 spiro atoms. The second kappa shape index (κ2) is 7.75. The van der Waals surface area contributed by atoms with Crippen molar-refractivity contribution >= 4 is 23.5 Å². The smallest absolute Gasteiger partial charge is 0.319 e. The van der Waals surface area contributed by atoms with Crippen molar-refractivity contribution in [2.75, 3.05) is 18.1 Å². The molecular formula is C13H24O3S. The van der Waals surface area contributed by atoms with Gasteiger partial charge in [-0.1, -0.05) is 13.8 Å². The van der Waals surface area contributed by atoms with Crippen molar-refractivity contribution in [1.82, 2.24) is 0 Å². The minimum Gasteiger partial charge on any atom is -0.465 e. The van der Waals surface area contributed by atoms with Crippen LogP contribution >= 0.6 is 11.8 Å². The van der Waals surface area contributed by atoms with E-state index < -0.39 is 11.4 Å². The average Bonchev–Trinajstić information content (AvgIpc) is 2.23. The SMILES string of the molecule is CCOC(=O)C(C)(C)C(=O)CSCCC(C)C. The van der Waals surface area contributed by atoms with Crippen molar-refractivity contribution in [2.45, 2.75) is 41.0 Å². The minimum atomic E-state index is -1.01. The van der Waals surface area contributed by atoms with Gasteiger partial charge in [-0.3, -0.25) is 9.59 Å². The quantitative estimate of drug-likeness (QED) is 0.382. The first-order valence-corrected chi connectivity index (χ1v) is 7.26. The highest BCUT2D eigenvalue weighted by atomic mass is 32.2. The molecule has 0 aliphatic carbocycles. The van der Waals surface area contributed by atoms with Gasteiger partial charge in [0.2, 0.25) is 0 Å². The highest BCUT2D eigenvalue weighted by molar-refractivity contribution is 7.99. The Balaban J connectivity index is 4.07. The third kappa shape index (κ3) is 6.10. The van der Waals surface area contributed by atoms with Gasteiger partial charge in [0.05, 0.1) is 12.4 Å². The van der Waals surface area contributed by atoms with Gasteiger partial charge in [0, 0.05) is 0 Å². The summed E-state index contributed by atoms with van der Waals surface area (Å²) < 4.78 is 4.90. The lowest BCUT2D eigenvalue weighted by molar-refractivity contribution is -0.157. The van der Waals surface area contributed by atoms with E-state index in [-0.39, 0.29) is 5.78 Å². The normalized spacial score (nSPS) is 11.6. The highest BCUT2D eigenvalue weighted by Crippen LogP contribution is 2.22. The molecule has 0 unspecified atom stereocenters. The summed E-state index contributed by atoms with van der Waals surface area (Å²) in [6, 6.07) is 0. The Morgan fingerprint density at radius 1 is 1.29 bits per heavy atom. The largest absolute Gasteiger partial charge is 0.465 e. The maximum absolute atomic E-state index is 11.9. The predicted molar refractivity (Wildman–Crippen MR) is 72.2 cm³/mol. The number of hydrogen-bond donors (Lipinski definition) is 0. The van der Waals surface area contributed by atoms with E-state index in [1.54, 1.807) is 32.5 Å². The Bertz CT molecular complexity index is 259. The molecule has 0 aliphatic heterocycles. The van der Waals surface area contributed by atoms with Gasteiger partial charge in [0.25, 0.3) is 0 Å².